The molecule has 0 aliphatic rings. The fourth-order valence-electron chi connectivity index (χ4n) is 2.10. The molecule has 1 nitrogen and oxygen atoms in total. The van der Waals surface area contributed by atoms with Gasteiger partial charge in [0.05, 0.1) is 0 Å². The number of rotatable bonds is 5. The van der Waals surface area contributed by atoms with Crippen LogP contribution in [0.25, 0.3) is 0 Å². The smallest absolute Gasteiger partial charge is 0.0309 e. The standard InChI is InChI=1S/C17H25N/c1-4-14-12-15(5-2)17(16(6-3)13-14)10-8-7-9-11-18/h12-13H,4-7,9,11,18H2,1-3H3. The van der Waals surface area contributed by atoms with Gasteiger partial charge in [0.25, 0.3) is 0 Å². The summed E-state index contributed by atoms with van der Waals surface area (Å²) in [5.41, 5.74) is 11.0. The minimum Gasteiger partial charge on any atom is -0.330 e. The van der Waals surface area contributed by atoms with Crippen LogP contribution >= 0.6 is 0 Å². The Balaban J connectivity index is 3.09. The van der Waals surface area contributed by atoms with Gasteiger partial charge in [0.15, 0.2) is 0 Å². The molecule has 0 saturated carbocycles. The average Bonchev–Trinajstić information content (AvgIpc) is 2.42. The molecule has 0 heterocycles. The zero-order chi connectivity index (χ0) is 13.4. The monoisotopic (exact) mass is 243 g/mol. The predicted octanol–water partition coefficient (Wildman–Crippen LogP) is 3.46. The van der Waals surface area contributed by atoms with Crippen molar-refractivity contribution < 1.29 is 0 Å². The minimum atomic E-state index is 0.727. The van der Waals surface area contributed by atoms with Crippen LogP contribution in [0, 0.1) is 11.8 Å². The minimum absolute atomic E-state index is 0.727. The van der Waals surface area contributed by atoms with Gasteiger partial charge in [-0.3, -0.25) is 0 Å². The highest BCUT2D eigenvalue weighted by Crippen LogP contribution is 2.19. The second-order valence-corrected chi connectivity index (χ2v) is 4.54. The summed E-state index contributed by atoms with van der Waals surface area (Å²) in [6.45, 7) is 7.35. The third-order valence-electron chi connectivity index (χ3n) is 3.25. The third-order valence-corrected chi connectivity index (χ3v) is 3.25. The number of nitrogens with two attached hydrogens (primary N) is 1. The van der Waals surface area contributed by atoms with Crippen molar-refractivity contribution in [2.45, 2.75) is 52.9 Å². The Morgan fingerprint density at radius 3 is 2.06 bits per heavy atom. The second-order valence-electron chi connectivity index (χ2n) is 4.54. The van der Waals surface area contributed by atoms with Crippen molar-refractivity contribution in [1.82, 2.24) is 0 Å². The number of hydrogen-bond acceptors (Lipinski definition) is 1. The first-order chi connectivity index (χ1) is 8.76. The maximum absolute atomic E-state index is 5.49. The molecule has 1 aromatic carbocycles. The Hall–Kier alpha value is -1.26. The van der Waals surface area contributed by atoms with Gasteiger partial charge in [0, 0.05) is 12.0 Å². The molecule has 0 aromatic heterocycles. The first-order valence-corrected chi connectivity index (χ1v) is 7.10. The van der Waals surface area contributed by atoms with E-state index in [1.165, 1.54) is 22.3 Å². The van der Waals surface area contributed by atoms with Gasteiger partial charge in [-0.25, -0.2) is 0 Å². The Morgan fingerprint density at radius 1 is 1.00 bits per heavy atom. The zero-order valence-electron chi connectivity index (χ0n) is 12.0. The van der Waals surface area contributed by atoms with E-state index in [-0.39, 0.29) is 0 Å². The summed E-state index contributed by atoms with van der Waals surface area (Å²) in [4.78, 5) is 0. The average molecular weight is 243 g/mol. The highest BCUT2D eigenvalue weighted by molar-refractivity contribution is 5.49. The highest BCUT2D eigenvalue weighted by Gasteiger charge is 2.06. The first-order valence-electron chi connectivity index (χ1n) is 7.10. The maximum Gasteiger partial charge on any atom is 0.0309 e. The summed E-state index contributed by atoms with van der Waals surface area (Å²) in [7, 11) is 0. The Labute approximate surface area is 112 Å². The molecular weight excluding hydrogens is 218 g/mol. The topological polar surface area (TPSA) is 26.0 Å². The lowest BCUT2D eigenvalue weighted by Crippen LogP contribution is -1.99. The number of aryl methyl sites for hydroxylation is 3. The van der Waals surface area contributed by atoms with Crippen molar-refractivity contribution in [3.8, 4) is 11.8 Å². The van der Waals surface area contributed by atoms with Crippen LogP contribution in [-0.4, -0.2) is 6.54 Å². The predicted molar refractivity (Wildman–Crippen MR) is 79.7 cm³/mol. The molecule has 2 N–H and O–H groups in total. The number of benzene rings is 1. The molecule has 0 bridgehead atoms. The van der Waals surface area contributed by atoms with Gasteiger partial charge in [-0.05, 0) is 48.9 Å². The summed E-state index contributed by atoms with van der Waals surface area (Å²) < 4.78 is 0. The summed E-state index contributed by atoms with van der Waals surface area (Å²) in [6.07, 6.45) is 5.10. The summed E-state index contributed by atoms with van der Waals surface area (Å²) in [5, 5.41) is 0. The van der Waals surface area contributed by atoms with Crippen LogP contribution in [0.2, 0.25) is 0 Å². The second kappa shape index (κ2) is 7.95. The van der Waals surface area contributed by atoms with E-state index >= 15 is 0 Å². The zero-order valence-corrected chi connectivity index (χ0v) is 12.0. The van der Waals surface area contributed by atoms with Gasteiger partial charge in [-0.1, -0.05) is 44.7 Å². The molecule has 0 aliphatic heterocycles. The Kier molecular flexibility index (Phi) is 6.54. The summed E-state index contributed by atoms with van der Waals surface area (Å²) >= 11 is 0. The molecule has 18 heavy (non-hydrogen) atoms. The van der Waals surface area contributed by atoms with Crippen LogP contribution in [0.3, 0.4) is 0 Å². The molecule has 0 radical (unpaired) electrons. The van der Waals surface area contributed by atoms with Crippen LogP contribution in [-0.2, 0) is 19.3 Å². The van der Waals surface area contributed by atoms with Gasteiger partial charge in [-0.2, -0.15) is 0 Å². The van der Waals surface area contributed by atoms with E-state index < -0.39 is 0 Å². The van der Waals surface area contributed by atoms with Crippen LogP contribution < -0.4 is 5.73 Å². The van der Waals surface area contributed by atoms with Gasteiger partial charge in [0.1, 0.15) is 0 Å². The fourth-order valence-corrected chi connectivity index (χ4v) is 2.10. The van der Waals surface area contributed by atoms with E-state index in [4.69, 9.17) is 5.73 Å². The quantitative estimate of drug-likeness (QED) is 0.622. The van der Waals surface area contributed by atoms with Crippen molar-refractivity contribution in [1.29, 1.82) is 0 Å². The molecule has 0 aliphatic carbocycles. The molecule has 98 valence electrons. The normalized spacial score (nSPS) is 10.0. The van der Waals surface area contributed by atoms with Gasteiger partial charge in [-0.15, -0.1) is 0 Å². The Morgan fingerprint density at radius 2 is 1.61 bits per heavy atom. The molecule has 1 rings (SSSR count). The fraction of sp³-hybridized carbons (Fsp3) is 0.529. The largest absolute Gasteiger partial charge is 0.330 e. The van der Waals surface area contributed by atoms with Crippen molar-refractivity contribution >= 4 is 0 Å². The summed E-state index contributed by atoms with van der Waals surface area (Å²) in [6, 6.07) is 4.62. The van der Waals surface area contributed by atoms with E-state index in [1.54, 1.807) is 0 Å². The number of unbranched alkanes of at least 4 members (excludes halogenated alkanes) is 1. The van der Waals surface area contributed by atoms with E-state index in [0.717, 1.165) is 38.6 Å². The lowest BCUT2D eigenvalue weighted by Gasteiger charge is -2.10. The van der Waals surface area contributed by atoms with Gasteiger partial charge >= 0.3 is 0 Å². The van der Waals surface area contributed by atoms with Crippen LogP contribution in [0.1, 0.15) is 55.9 Å². The molecule has 0 spiro atoms. The van der Waals surface area contributed by atoms with Crippen molar-refractivity contribution in [3.05, 3.63) is 34.4 Å². The number of hydrogen-bond donors (Lipinski definition) is 1. The molecular formula is C17H25N. The SMILES string of the molecule is CCc1cc(CC)c(C#CCCCN)c(CC)c1. The van der Waals surface area contributed by atoms with E-state index in [9.17, 15) is 0 Å². The molecule has 1 heteroatoms. The molecule has 0 fully saturated rings. The van der Waals surface area contributed by atoms with Crippen molar-refractivity contribution in [2.24, 2.45) is 5.73 Å². The molecule has 0 saturated heterocycles. The van der Waals surface area contributed by atoms with Crippen LogP contribution in [0.5, 0.6) is 0 Å². The molecule has 0 amide bonds. The first kappa shape index (κ1) is 14.8. The van der Waals surface area contributed by atoms with Crippen molar-refractivity contribution in [2.75, 3.05) is 6.54 Å². The van der Waals surface area contributed by atoms with E-state index in [1.807, 2.05) is 0 Å². The molecule has 1 aromatic rings. The van der Waals surface area contributed by atoms with Crippen LogP contribution in [0.15, 0.2) is 12.1 Å². The Bertz CT molecular complexity index is 410. The van der Waals surface area contributed by atoms with E-state index in [0.29, 0.717) is 0 Å². The van der Waals surface area contributed by atoms with Gasteiger partial charge < -0.3 is 5.73 Å². The highest BCUT2D eigenvalue weighted by atomic mass is 14.5. The summed E-state index contributed by atoms with van der Waals surface area (Å²) in [5.74, 6) is 6.62. The van der Waals surface area contributed by atoms with Crippen molar-refractivity contribution in [3.63, 3.8) is 0 Å². The van der Waals surface area contributed by atoms with Gasteiger partial charge in [0.2, 0.25) is 0 Å². The lowest BCUT2D eigenvalue weighted by molar-refractivity contribution is 0.869. The van der Waals surface area contributed by atoms with E-state index in [2.05, 4.69) is 44.7 Å². The molecule has 0 atom stereocenters. The lowest BCUT2D eigenvalue weighted by atomic mass is 9.94. The maximum atomic E-state index is 5.49. The molecule has 0 unspecified atom stereocenters. The van der Waals surface area contributed by atoms with Crippen LogP contribution in [0.4, 0.5) is 0 Å². The third kappa shape index (κ3) is 3.89.